The third kappa shape index (κ3) is 3.48. The molecule has 0 radical (unpaired) electrons. The average Bonchev–Trinajstić information content (AvgIpc) is 2.66. The van der Waals surface area contributed by atoms with Gasteiger partial charge in [-0.15, -0.1) is 0 Å². The fourth-order valence-corrected chi connectivity index (χ4v) is 3.68. The highest BCUT2D eigenvalue weighted by atomic mass is 19.4. The quantitative estimate of drug-likeness (QED) is 0.665. The number of para-hydroxylation sites is 1. The summed E-state index contributed by atoms with van der Waals surface area (Å²) in [7, 11) is 0. The Bertz CT molecular complexity index is 1020. The van der Waals surface area contributed by atoms with Crippen molar-refractivity contribution in [2.24, 2.45) is 5.92 Å². The van der Waals surface area contributed by atoms with Gasteiger partial charge in [0.05, 0.1) is 17.0 Å². The number of nitrogens with zero attached hydrogens (tertiary/aromatic N) is 3. The number of halogens is 3. The van der Waals surface area contributed by atoms with E-state index < -0.39 is 12.1 Å². The molecule has 2 heterocycles. The maximum absolute atomic E-state index is 13.3. The molecule has 1 N–H and O–H groups in total. The second-order valence-electron chi connectivity index (χ2n) is 7.24. The number of aromatic nitrogens is 2. The van der Waals surface area contributed by atoms with E-state index in [1.54, 1.807) is 29.2 Å². The van der Waals surface area contributed by atoms with Crippen LogP contribution in [-0.4, -0.2) is 34.3 Å². The first-order valence-electron chi connectivity index (χ1n) is 9.21. The van der Waals surface area contributed by atoms with E-state index in [-0.39, 0.29) is 18.7 Å². The number of hydrogen-bond acceptors (Lipinski definition) is 4. The molecule has 1 fully saturated rings. The van der Waals surface area contributed by atoms with Gasteiger partial charge in [0.15, 0.2) is 5.82 Å². The standard InChI is InChI=1S/C21H20F3N3O/c1-13-8-9-15-17(11-13)25-19(16-6-2-3-7-18(16)28)26-20(15)27-10-4-5-14(12-27)21(22,23)24/h2-3,6-9,11,14,28H,4-5,10,12H2,1H3. The number of fused-ring (bicyclic) bond motifs is 1. The molecule has 0 amide bonds. The number of benzene rings is 2. The lowest BCUT2D eigenvalue weighted by molar-refractivity contribution is -0.176. The number of alkyl halides is 3. The number of hydrogen-bond donors (Lipinski definition) is 1. The summed E-state index contributed by atoms with van der Waals surface area (Å²) in [5.41, 5.74) is 2.10. The topological polar surface area (TPSA) is 49.2 Å². The molecule has 1 aliphatic heterocycles. The predicted octanol–water partition coefficient (Wildman–Crippen LogP) is 5.09. The van der Waals surface area contributed by atoms with Crippen LogP contribution in [0.25, 0.3) is 22.3 Å². The van der Waals surface area contributed by atoms with E-state index in [9.17, 15) is 18.3 Å². The van der Waals surface area contributed by atoms with E-state index in [0.717, 1.165) is 5.56 Å². The van der Waals surface area contributed by atoms with Gasteiger partial charge >= 0.3 is 6.18 Å². The monoisotopic (exact) mass is 387 g/mol. The largest absolute Gasteiger partial charge is 0.507 e. The van der Waals surface area contributed by atoms with E-state index in [1.807, 2.05) is 25.1 Å². The molecule has 3 aromatic rings. The van der Waals surface area contributed by atoms with Gasteiger partial charge in [-0.05, 0) is 49.6 Å². The number of aromatic hydroxyl groups is 1. The Morgan fingerprint density at radius 2 is 1.89 bits per heavy atom. The number of anilines is 1. The molecule has 0 saturated carbocycles. The fraction of sp³-hybridized carbons (Fsp3) is 0.333. The Morgan fingerprint density at radius 1 is 1.11 bits per heavy atom. The van der Waals surface area contributed by atoms with Crippen molar-refractivity contribution in [3.05, 3.63) is 48.0 Å². The van der Waals surface area contributed by atoms with Gasteiger partial charge in [0.1, 0.15) is 11.6 Å². The van der Waals surface area contributed by atoms with E-state index >= 15 is 0 Å². The van der Waals surface area contributed by atoms with Gasteiger partial charge in [0, 0.05) is 18.5 Å². The van der Waals surface area contributed by atoms with Crippen molar-refractivity contribution in [3.63, 3.8) is 0 Å². The van der Waals surface area contributed by atoms with Crippen molar-refractivity contribution < 1.29 is 18.3 Å². The maximum Gasteiger partial charge on any atom is 0.393 e. The molecule has 1 atom stereocenters. The van der Waals surface area contributed by atoms with E-state index in [0.29, 0.717) is 41.1 Å². The first-order chi connectivity index (χ1) is 13.3. The second kappa shape index (κ2) is 6.96. The zero-order valence-corrected chi connectivity index (χ0v) is 15.4. The lowest BCUT2D eigenvalue weighted by Crippen LogP contribution is -2.42. The Balaban J connectivity index is 1.86. The van der Waals surface area contributed by atoms with Crippen LogP contribution in [0.2, 0.25) is 0 Å². The van der Waals surface area contributed by atoms with Crippen molar-refractivity contribution in [3.8, 4) is 17.1 Å². The molecule has 7 heteroatoms. The molecule has 1 saturated heterocycles. The highest BCUT2D eigenvalue weighted by molar-refractivity contribution is 5.92. The molecule has 4 nitrogen and oxygen atoms in total. The highest BCUT2D eigenvalue weighted by Gasteiger charge is 2.42. The van der Waals surface area contributed by atoms with Crippen molar-refractivity contribution in [2.45, 2.75) is 25.9 Å². The summed E-state index contributed by atoms with van der Waals surface area (Å²) in [6.07, 6.45) is -3.64. The summed E-state index contributed by atoms with van der Waals surface area (Å²) < 4.78 is 39.9. The number of piperidine rings is 1. The summed E-state index contributed by atoms with van der Waals surface area (Å²) in [4.78, 5) is 10.9. The third-order valence-electron chi connectivity index (χ3n) is 5.16. The molecule has 0 bridgehead atoms. The Hall–Kier alpha value is -2.83. The minimum Gasteiger partial charge on any atom is -0.507 e. The van der Waals surface area contributed by atoms with Crippen LogP contribution in [0.3, 0.4) is 0 Å². The summed E-state index contributed by atoms with van der Waals surface area (Å²) in [5.74, 6) is -0.546. The van der Waals surface area contributed by atoms with Gasteiger partial charge in [-0.2, -0.15) is 13.2 Å². The van der Waals surface area contributed by atoms with Crippen LogP contribution in [0.4, 0.5) is 19.0 Å². The number of phenols is 1. The van der Waals surface area contributed by atoms with Crippen LogP contribution < -0.4 is 4.90 Å². The summed E-state index contributed by atoms with van der Waals surface area (Å²) >= 11 is 0. The summed E-state index contributed by atoms with van der Waals surface area (Å²) in [5, 5.41) is 10.9. The van der Waals surface area contributed by atoms with E-state index in [1.165, 1.54) is 0 Å². The van der Waals surface area contributed by atoms with Crippen LogP contribution in [-0.2, 0) is 0 Å². The SMILES string of the molecule is Cc1ccc2c(N3CCCC(C(F)(F)F)C3)nc(-c3ccccc3O)nc2c1. The highest BCUT2D eigenvalue weighted by Crippen LogP contribution is 2.37. The molecule has 28 heavy (non-hydrogen) atoms. The molecule has 0 aliphatic carbocycles. The molecule has 1 aliphatic rings. The van der Waals surface area contributed by atoms with Crippen molar-refractivity contribution in [2.75, 3.05) is 18.0 Å². The normalized spacial score (nSPS) is 17.9. The first-order valence-corrected chi connectivity index (χ1v) is 9.21. The van der Waals surface area contributed by atoms with Gasteiger partial charge < -0.3 is 10.0 Å². The van der Waals surface area contributed by atoms with Crippen molar-refractivity contribution in [1.29, 1.82) is 0 Å². The molecule has 0 spiro atoms. The number of rotatable bonds is 2. The van der Waals surface area contributed by atoms with Gasteiger partial charge in [-0.3, -0.25) is 0 Å². The predicted molar refractivity (Wildman–Crippen MR) is 102 cm³/mol. The zero-order chi connectivity index (χ0) is 19.9. The Labute approximate surface area is 160 Å². The van der Waals surface area contributed by atoms with Gasteiger partial charge in [-0.1, -0.05) is 18.2 Å². The molecule has 4 rings (SSSR count). The van der Waals surface area contributed by atoms with Crippen molar-refractivity contribution in [1.82, 2.24) is 9.97 Å². The van der Waals surface area contributed by atoms with Crippen LogP contribution in [0.5, 0.6) is 5.75 Å². The maximum atomic E-state index is 13.3. The zero-order valence-electron chi connectivity index (χ0n) is 15.4. The lowest BCUT2D eigenvalue weighted by Gasteiger charge is -2.35. The van der Waals surface area contributed by atoms with Crippen molar-refractivity contribution >= 4 is 16.7 Å². The lowest BCUT2D eigenvalue weighted by atomic mass is 9.97. The molecule has 1 aromatic heterocycles. The smallest absolute Gasteiger partial charge is 0.393 e. The van der Waals surface area contributed by atoms with Gasteiger partial charge in [-0.25, -0.2) is 9.97 Å². The van der Waals surface area contributed by atoms with Crippen LogP contribution in [0.15, 0.2) is 42.5 Å². The van der Waals surface area contributed by atoms with Gasteiger partial charge in [0.25, 0.3) is 0 Å². The Kier molecular flexibility index (Phi) is 4.61. The fourth-order valence-electron chi connectivity index (χ4n) is 3.68. The van der Waals surface area contributed by atoms with Crippen LogP contribution >= 0.6 is 0 Å². The molecular weight excluding hydrogens is 367 g/mol. The van der Waals surface area contributed by atoms with E-state index in [4.69, 9.17) is 0 Å². The summed E-state index contributed by atoms with van der Waals surface area (Å²) in [6.45, 7) is 2.32. The number of aryl methyl sites for hydroxylation is 1. The molecule has 146 valence electrons. The average molecular weight is 387 g/mol. The first kappa shape index (κ1) is 18.5. The third-order valence-corrected chi connectivity index (χ3v) is 5.16. The van der Waals surface area contributed by atoms with E-state index in [2.05, 4.69) is 9.97 Å². The molecule has 2 aromatic carbocycles. The van der Waals surface area contributed by atoms with Gasteiger partial charge in [0.2, 0.25) is 0 Å². The summed E-state index contributed by atoms with van der Waals surface area (Å²) in [6, 6.07) is 12.3. The second-order valence-corrected chi connectivity index (χ2v) is 7.24. The number of phenolic OH excluding ortho intramolecular Hbond substituents is 1. The minimum atomic E-state index is -4.22. The molecular formula is C21H20F3N3O. The Morgan fingerprint density at radius 3 is 2.64 bits per heavy atom. The van der Waals surface area contributed by atoms with Crippen LogP contribution in [0.1, 0.15) is 18.4 Å². The van der Waals surface area contributed by atoms with Crippen LogP contribution in [0, 0.1) is 12.8 Å². The molecule has 1 unspecified atom stereocenters. The minimum absolute atomic E-state index is 0.0345.